The molecule has 4 rings (SSSR count). The Morgan fingerprint density at radius 2 is 1.96 bits per heavy atom. The van der Waals surface area contributed by atoms with Crippen LogP contribution in [0.2, 0.25) is 0 Å². The summed E-state index contributed by atoms with van der Waals surface area (Å²) in [4.78, 5) is 17.9. The molecule has 2 heterocycles. The van der Waals surface area contributed by atoms with E-state index in [2.05, 4.69) is 9.80 Å². The number of nitrogens with zero attached hydrogens (tertiary/aromatic N) is 2. The molecule has 0 N–H and O–H groups in total. The van der Waals surface area contributed by atoms with Crippen LogP contribution in [0, 0.1) is 18.3 Å². The van der Waals surface area contributed by atoms with E-state index in [1.165, 1.54) is 32.4 Å². The van der Waals surface area contributed by atoms with Gasteiger partial charge in [0.15, 0.2) is 0 Å². The van der Waals surface area contributed by atoms with Gasteiger partial charge in [-0.05, 0) is 61.8 Å². The van der Waals surface area contributed by atoms with Gasteiger partial charge < -0.3 is 14.4 Å². The maximum atomic E-state index is 13.1. The predicted octanol–water partition coefficient (Wildman–Crippen LogP) is 3.36. The van der Waals surface area contributed by atoms with Crippen molar-refractivity contribution in [3.8, 4) is 5.75 Å². The number of benzene rings is 1. The van der Waals surface area contributed by atoms with Crippen LogP contribution in [0.5, 0.6) is 5.75 Å². The third kappa shape index (κ3) is 3.55. The molecular weight excluding hydrogens is 352 g/mol. The molecule has 5 nitrogen and oxygen atoms in total. The molecule has 1 aliphatic carbocycles. The van der Waals surface area contributed by atoms with Crippen LogP contribution in [0.1, 0.15) is 48.0 Å². The SMILES string of the molecule is COCC1CN(C2CCC2)CC12CCN(C(=O)c1ccc(OC)cc1C)CC2. The third-order valence-electron chi connectivity index (χ3n) is 7.51. The summed E-state index contributed by atoms with van der Waals surface area (Å²) in [5.41, 5.74) is 2.10. The molecule has 28 heavy (non-hydrogen) atoms. The molecule has 154 valence electrons. The lowest BCUT2D eigenvalue weighted by Gasteiger charge is -2.43. The van der Waals surface area contributed by atoms with Crippen LogP contribution in [0.15, 0.2) is 18.2 Å². The average molecular weight is 387 g/mol. The number of aryl methyl sites for hydroxylation is 1. The van der Waals surface area contributed by atoms with Crippen LogP contribution < -0.4 is 4.74 Å². The van der Waals surface area contributed by atoms with Gasteiger partial charge in [-0.15, -0.1) is 0 Å². The van der Waals surface area contributed by atoms with Crippen molar-refractivity contribution >= 4 is 5.91 Å². The predicted molar refractivity (Wildman–Crippen MR) is 110 cm³/mol. The number of likely N-dealkylation sites (tertiary alicyclic amines) is 2. The molecule has 3 aliphatic rings. The minimum absolute atomic E-state index is 0.159. The van der Waals surface area contributed by atoms with Gasteiger partial charge in [0.2, 0.25) is 0 Å². The summed E-state index contributed by atoms with van der Waals surface area (Å²) in [5, 5.41) is 0. The van der Waals surface area contributed by atoms with Gasteiger partial charge >= 0.3 is 0 Å². The highest BCUT2D eigenvalue weighted by molar-refractivity contribution is 5.95. The van der Waals surface area contributed by atoms with Crippen LogP contribution in [0.25, 0.3) is 0 Å². The number of ether oxygens (including phenoxy) is 2. The number of piperidine rings is 1. The first-order chi connectivity index (χ1) is 13.6. The topological polar surface area (TPSA) is 42.0 Å². The molecule has 0 aromatic heterocycles. The van der Waals surface area contributed by atoms with E-state index in [9.17, 15) is 4.79 Å². The lowest BCUT2D eigenvalue weighted by molar-refractivity contribution is 0.0312. The number of hydrogen-bond acceptors (Lipinski definition) is 4. The van der Waals surface area contributed by atoms with Crippen LogP contribution in [-0.4, -0.2) is 68.8 Å². The van der Waals surface area contributed by atoms with Crippen molar-refractivity contribution in [2.75, 3.05) is 47.0 Å². The fraction of sp³-hybridized carbons (Fsp3) is 0.696. The summed E-state index contributed by atoms with van der Waals surface area (Å²) < 4.78 is 10.9. The smallest absolute Gasteiger partial charge is 0.254 e. The second-order valence-corrected chi connectivity index (χ2v) is 9.00. The first kappa shape index (κ1) is 19.7. The zero-order chi connectivity index (χ0) is 19.7. The van der Waals surface area contributed by atoms with Crippen LogP contribution in [-0.2, 0) is 4.74 Å². The lowest BCUT2D eigenvalue weighted by Crippen LogP contribution is -2.48. The zero-order valence-electron chi connectivity index (χ0n) is 17.6. The Morgan fingerprint density at radius 1 is 1.21 bits per heavy atom. The highest BCUT2D eigenvalue weighted by atomic mass is 16.5. The molecular formula is C23H34N2O3. The van der Waals surface area contributed by atoms with E-state index < -0.39 is 0 Å². The van der Waals surface area contributed by atoms with Crippen LogP contribution in [0.4, 0.5) is 0 Å². The molecule has 1 saturated carbocycles. The third-order valence-corrected chi connectivity index (χ3v) is 7.51. The van der Waals surface area contributed by atoms with Gasteiger partial charge in [-0.1, -0.05) is 6.42 Å². The maximum absolute atomic E-state index is 13.1. The van der Waals surface area contributed by atoms with Crippen molar-refractivity contribution in [1.82, 2.24) is 9.80 Å². The van der Waals surface area contributed by atoms with Gasteiger partial charge in [0.25, 0.3) is 5.91 Å². The van der Waals surface area contributed by atoms with E-state index in [1.54, 1.807) is 7.11 Å². The number of carbonyl (C=O) groups excluding carboxylic acids is 1. The zero-order valence-corrected chi connectivity index (χ0v) is 17.6. The molecule has 5 heteroatoms. The van der Waals surface area contributed by atoms with Crippen molar-refractivity contribution in [2.24, 2.45) is 11.3 Å². The van der Waals surface area contributed by atoms with Gasteiger partial charge in [0.1, 0.15) is 5.75 Å². The van der Waals surface area contributed by atoms with E-state index >= 15 is 0 Å². The molecule has 1 aromatic carbocycles. The summed E-state index contributed by atoms with van der Waals surface area (Å²) in [6, 6.07) is 6.53. The highest BCUT2D eigenvalue weighted by Crippen LogP contribution is 2.47. The van der Waals surface area contributed by atoms with Crippen LogP contribution >= 0.6 is 0 Å². The van der Waals surface area contributed by atoms with Gasteiger partial charge in [-0.25, -0.2) is 0 Å². The number of amides is 1. The Balaban J connectivity index is 1.43. The largest absolute Gasteiger partial charge is 0.497 e. The first-order valence-electron chi connectivity index (χ1n) is 10.7. The number of rotatable bonds is 5. The van der Waals surface area contributed by atoms with Gasteiger partial charge in [0, 0.05) is 50.8 Å². The van der Waals surface area contributed by atoms with Gasteiger partial charge in [0.05, 0.1) is 13.7 Å². The van der Waals surface area contributed by atoms with Crippen LogP contribution in [0.3, 0.4) is 0 Å². The maximum Gasteiger partial charge on any atom is 0.254 e. The Labute approximate surface area is 169 Å². The molecule has 3 fully saturated rings. The minimum atomic E-state index is 0.159. The molecule has 2 saturated heterocycles. The second-order valence-electron chi connectivity index (χ2n) is 9.00. The summed E-state index contributed by atoms with van der Waals surface area (Å²) in [6.07, 6.45) is 6.28. The van der Waals surface area contributed by atoms with E-state index in [1.807, 2.05) is 32.2 Å². The van der Waals surface area contributed by atoms with Crippen molar-refractivity contribution in [3.63, 3.8) is 0 Å². The van der Waals surface area contributed by atoms with Gasteiger partial charge in [-0.2, -0.15) is 0 Å². The standard InChI is InChI=1S/C23H34N2O3/c1-17-13-20(28-3)7-8-21(17)22(26)24-11-9-23(10-12-24)16-25(19-5-4-6-19)14-18(23)15-27-2/h7-8,13,18-19H,4-6,9-12,14-16H2,1-3H3. The molecule has 1 spiro atoms. The average Bonchev–Trinajstić information content (AvgIpc) is 2.98. The van der Waals surface area contributed by atoms with E-state index in [4.69, 9.17) is 9.47 Å². The monoisotopic (exact) mass is 386 g/mol. The van der Waals surface area contributed by atoms with Crippen molar-refractivity contribution in [1.29, 1.82) is 0 Å². The molecule has 0 bridgehead atoms. The van der Waals surface area contributed by atoms with E-state index in [0.717, 1.165) is 55.5 Å². The Morgan fingerprint density at radius 3 is 2.54 bits per heavy atom. The number of hydrogen-bond donors (Lipinski definition) is 0. The molecule has 1 atom stereocenters. The summed E-state index contributed by atoms with van der Waals surface area (Å²) >= 11 is 0. The highest BCUT2D eigenvalue weighted by Gasteiger charge is 2.50. The second kappa shape index (κ2) is 8.03. The normalized spacial score (nSPS) is 25.1. The van der Waals surface area contributed by atoms with E-state index in [-0.39, 0.29) is 5.91 Å². The lowest BCUT2D eigenvalue weighted by atomic mass is 9.71. The summed E-state index contributed by atoms with van der Waals surface area (Å²) in [5.74, 6) is 1.56. The summed E-state index contributed by atoms with van der Waals surface area (Å²) in [7, 11) is 3.48. The molecule has 1 unspecified atom stereocenters. The molecule has 1 aromatic rings. The molecule has 0 radical (unpaired) electrons. The number of carbonyl (C=O) groups is 1. The van der Waals surface area contributed by atoms with Crippen molar-refractivity contribution in [2.45, 2.75) is 45.1 Å². The van der Waals surface area contributed by atoms with E-state index in [0.29, 0.717) is 11.3 Å². The quantitative estimate of drug-likeness (QED) is 0.778. The van der Waals surface area contributed by atoms with Gasteiger partial charge in [-0.3, -0.25) is 9.69 Å². The summed E-state index contributed by atoms with van der Waals surface area (Å²) in [6.45, 7) is 6.89. The Bertz CT molecular complexity index is 708. The van der Waals surface area contributed by atoms with Crippen molar-refractivity contribution in [3.05, 3.63) is 29.3 Å². The Kier molecular flexibility index (Phi) is 5.66. The fourth-order valence-corrected chi connectivity index (χ4v) is 5.43. The van der Waals surface area contributed by atoms with Crippen molar-refractivity contribution < 1.29 is 14.3 Å². The fourth-order valence-electron chi connectivity index (χ4n) is 5.43. The number of methoxy groups -OCH3 is 2. The Hall–Kier alpha value is -1.59. The first-order valence-corrected chi connectivity index (χ1v) is 10.7. The molecule has 1 amide bonds. The molecule has 2 aliphatic heterocycles. The minimum Gasteiger partial charge on any atom is -0.497 e.